The van der Waals surface area contributed by atoms with E-state index in [9.17, 15) is 4.79 Å². The highest BCUT2D eigenvalue weighted by Gasteiger charge is 2.21. The highest BCUT2D eigenvalue weighted by molar-refractivity contribution is 6.31. The molecule has 0 aliphatic carbocycles. The van der Waals surface area contributed by atoms with Gasteiger partial charge in [-0.25, -0.2) is 0 Å². The van der Waals surface area contributed by atoms with Gasteiger partial charge in [0, 0.05) is 44.2 Å². The summed E-state index contributed by atoms with van der Waals surface area (Å²) in [5.74, 6) is 0.850. The molecule has 1 fully saturated rings. The summed E-state index contributed by atoms with van der Waals surface area (Å²) < 4.78 is 5.76. The number of carbonyl (C=O) groups excluding carboxylic acids is 1. The zero-order valence-corrected chi connectivity index (χ0v) is 18.7. The van der Waals surface area contributed by atoms with Gasteiger partial charge in [0.1, 0.15) is 5.75 Å². The number of hydrogen-bond acceptors (Lipinski definition) is 4. The summed E-state index contributed by atoms with van der Waals surface area (Å²) in [6, 6.07) is 15.9. The Hall–Kier alpha value is -2.08. The molecule has 5 nitrogen and oxygen atoms in total. The number of piperazine rings is 1. The predicted octanol–water partition coefficient (Wildman–Crippen LogP) is 3.91. The SMILES string of the molecule is Cc1cc(OCCCC(=O)NC(CN2CCN(C)CC2)c2ccccc2)ccc1Cl. The first-order valence-electron chi connectivity index (χ1n) is 10.7. The molecule has 2 aromatic carbocycles. The molecule has 1 N–H and O–H groups in total. The van der Waals surface area contributed by atoms with Crippen molar-refractivity contribution < 1.29 is 9.53 Å². The van der Waals surface area contributed by atoms with Gasteiger partial charge in [0.05, 0.1) is 12.6 Å². The molecule has 0 bridgehead atoms. The monoisotopic (exact) mass is 429 g/mol. The van der Waals surface area contributed by atoms with E-state index in [4.69, 9.17) is 16.3 Å². The lowest BCUT2D eigenvalue weighted by Gasteiger charge is -2.35. The van der Waals surface area contributed by atoms with Crippen LogP contribution < -0.4 is 10.1 Å². The topological polar surface area (TPSA) is 44.8 Å². The number of aryl methyl sites for hydroxylation is 1. The Morgan fingerprint density at radius 1 is 1.13 bits per heavy atom. The molecule has 1 aliphatic rings. The van der Waals surface area contributed by atoms with Crippen molar-refractivity contribution in [1.29, 1.82) is 0 Å². The van der Waals surface area contributed by atoms with Crippen LogP contribution in [0.3, 0.4) is 0 Å². The van der Waals surface area contributed by atoms with Crippen LogP contribution in [-0.4, -0.2) is 62.1 Å². The maximum absolute atomic E-state index is 12.6. The van der Waals surface area contributed by atoms with Gasteiger partial charge in [0.15, 0.2) is 0 Å². The van der Waals surface area contributed by atoms with E-state index in [0.717, 1.165) is 54.6 Å². The Morgan fingerprint density at radius 3 is 2.57 bits per heavy atom. The number of amides is 1. The lowest BCUT2D eigenvalue weighted by Crippen LogP contribution is -2.47. The average Bonchev–Trinajstić information content (AvgIpc) is 2.75. The molecule has 2 aromatic rings. The van der Waals surface area contributed by atoms with Gasteiger partial charge in [0.2, 0.25) is 5.91 Å². The highest BCUT2D eigenvalue weighted by atomic mass is 35.5. The van der Waals surface area contributed by atoms with Crippen LogP contribution in [0, 0.1) is 6.92 Å². The van der Waals surface area contributed by atoms with Crippen molar-refractivity contribution in [3.63, 3.8) is 0 Å². The van der Waals surface area contributed by atoms with Crippen molar-refractivity contribution in [2.24, 2.45) is 0 Å². The van der Waals surface area contributed by atoms with E-state index in [1.807, 2.05) is 43.3 Å². The molecular formula is C24H32ClN3O2. The quantitative estimate of drug-likeness (QED) is 0.614. The van der Waals surface area contributed by atoms with Crippen LogP contribution in [0.25, 0.3) is 0 Å². The molecule has 162 valence electrons. The van der Waals surface area contributed by atoms with Crippen LogP contribution in [0.2, 0.25) is 5.02 Å². The van der Waals surface area contributed by atoms with Crippen molar-refractivity contribution >= 4 is 17.5 Å². The van der Waals surface area contributed by atoms with Gasteiger partial charge < -0.3 is 15.0 Å². The van der Waals surface area contributed by atoms with Crippen molar-refractivity contribution in [3.8, 4) is 5.75 Å². The molecule has 1 aliphatic heterocycles. The molecule has 30 heavy (non-hydrogen) atoms. The van der Waals surface area contributed by atoms with Crippen molar-refractivity contribution in [1.82, 2.24) is 15.1 Å². The number of carbonyl (C=O) groups is 1. The molecule has 0 saturated carbocycles. The van der Waals surface area contributed by atoms with E-state index in [0.29, 0.717) is 19.4 Å². The zero-order chi connectivity index (χ0) is 21.3. The largest absolute Gasteiger partial charge is 0.494 e. The Labute approximate surface area is 185 Å². The third-order valence-corrected chi connectivity index (χ3v) is 5.94. The van der Waals surface area contributed by atoms with E-state index in [1.165, 1.54) is 0 Å². The first-order valence-corrected chi connectivity index (χ1v) is 11.0. The molecule has 6 heteroatoms. The molecule has 0 spiro atoms. The fraction of sp³-hybridized carbons (Fsp3) is 0.458. The molecule has 0 aromatic heterocycles. The summed E-state index contributed by atoms with van der Waals surface area (Å²) in [6.07, 6.45) is 1.11. The number of likely N-dealkylation sites (N-methyl/N-ethyl adjacent to an activating group) is 1. The van der Waals surface area contributed by atoms with Crippen LogP contribution >= 0.6 is 11.6 Å². The number of hydrogen-bond donors (Lipinski definition) is 1. The number of nitrogens with zero attached hydrogens (tertiary/aromatic N) is 2. The molecule has 0 radical (unpaired) electrons. The first kappa shape index (κ1) is 22.6. The standard InChI is InChI=1S/C24H32ClN3O2/c1-19-17-21(10-11-22(19)25)30-16-6-9-24(29)26-23(20-7-4-3-5-8-20)18-28-14-12-27(2)13-15-28/h3-5,7-8,10-11,17,23H,6,9,12-16,18H2,1-2H3,(H,26,29). The Kier molecular flexibility index (Phi) is 8.55. The number of halogens is 1. The minimum absolute atomic E-state index is 0.00180. The second kappa shape index (κ2) is 11.3. The average molecular weight is 430 g/mol. The van der Waals surface area contributed by atoms with Gasteiger partial charge in [-0.05, 0) is 49.7 Å². The fourth-order valence-corrected chi connectivity index (χ4v) is 3.72. The third-order valence-electron chi connectivity index (χ3n) is 5.52. The Balaban J connectivity index is 1.48. The van der Waals surface area contributed by atoms with Crippen molar-refractivity contribution in [2.45, 2.75) is 25.8 Å². The summed E-state index contributed by atoms with van der Waals surface area (Å²) >= 11 is 6.05. The predicted molar refractivity (Wildman–Crippen MR) is 122 cm³/mol. The zero-order valence-electron chi connectivity index (χ0n) is 17.9. The fourth-order valence-electron chi connectivity index (χ4n) is 3.60. The van der Waals surface area contributed by atoms with Gasteiger partial charge in [-0.3, -0.25) is 9.69 Å². The second-order valence-corrected chi connectivity index (χ2v) is 8.40. The van der Waals surface area contributed by atoms with Crippen molar-refractivity contribution in [2.75, 3.05) is 46.4 Å². The highest BCUT2D eigenvalue weighted by Crippen LogP contribution is 2.21. The molecular weight excluding hydrogens is 398 g/mol. The summed E-state index contributed by atoms with van der Waals surface area (Å²) in [6.45, 7) is 7.49. The number of benzene rings is 2. The minimum atomic E-state index is 0.00180. The first-order chi connectivity index (χ1) is 14.5. The van der Waals surface area contributed by atoms with Crippen molar-refractivity contribution in [3.05, 3.63) is 64.7 Å². The van der Waals surface area contributed by atoms with Gasteiger partial charge in [-0.1, -0.05) is 41.9 Å². The number of rotatable bonds is 9. The minimum Gasteiger partial charge on any atom is -0.494 e. The van der Waals surface area contributed by atoms with Gasteiger partial charge in [-0.2, -0.15) is 0 Å². The normalized spacial score (nSPS) is 16.2. The van der Waals surface area contributed by atoms with Crippen LogP contribution in [0.1, 0.15) is 30.0 Å². The molecule has 1 unspecified atom stereocenters. The number of nitrogens with one attached hydrogen (secondary N) is 1. The van der Waals surface area contributed by atoms with Crippen LogP contribution in [0.5, 0.6) is 5.75 Å². The molecule has 1 heterocycles. The molecule has 1 saturated heterocycles. The summed E-state index contributed by atoms with van der Waals surface area (Å²) in [4.78, 5) is 17.4. The Bertz CT molecular complexity index is 807. The lowest BCUT2D eigenvalue weighted by molar-refractivity contribution is -0.122. The van der Waals surface area contributed by atoms with Crippen LogP contribution in [0.4, 0.5) is 0 Å². The van der Waals surface area contributed by atoms with E-state index >= 15 is 0 Å². The van der Waals surface area contributed by atoms with E-state index in [2.05, 4.69) is 34.3 Å². The third kappa shape index (κ3) is 7.01. The Morgan fingerprint density at radius 2 is 1.87 bits per heavy atom. The summed E-state index contributed by atoms with van der Waals surface area (Å²) in [7, 11) is 2.15. The van der Waals surface area contributed by atoms with E-state index in [-0.39, 0.29) is 11.9 Å². The van der Waals surface area contributed by atoms with E-state index in [1.54, 1.807) is 0 Å². The van der Waals surface area contributed by atoms with Gasteiger partial charge in [-0.15, -0.1) is 0 Å². The van der Waals surface area contributed by atoms with Gasteiger partial charge >= 0.3 is 0 Å². The van der Waals surface area contributed by atoms with Crippen LogP contribution in [-0.2, 0) is 4.79 Å². The number of ether oxygens (including phenoxy) is 1. The maximum atomic E-state index is 12.6. The molecule has 1 atom stereocenters. The summed E-state index contributed by atoms with van der Waals surface area (Å²) in [5, 5.41) is 3.97. The molecule has 3 rings (SSSR count). The van der Waals surface area contributed by atoms with Gasteiger partial charge in [0.25, 0.3) is 0 Å². The molecule has 1 amide bonds. The lowest BCUT2D eigenvalue weighted by atomic mass is 10.1. The maximum Gasteiger partial charge on any atom is 0.220 e. The van der Waals surface area contributed by atoms with E-state index < -0.39 is 0 Å². The second-order valence-electron chi connectivity index (χ2n) is 8.00. The van der Waals surface area contributed by atoms with Crippen LogP contribution in [0.15, 0.2) is 48.5 Å². The smallest absolute Gasteiger partial charge is 0.220 e. The summed E-state index contributed by atoms with van der Waals surface area (Å²) in [5.41, 5.74) is 2.14.